The van der Waals surface area contributed by atoms with Crippen LogP contribution in [0.25, 0.3) is 10.9 Å². The molecule has 0 saturated heterocycles. The zero-order chi connectivity index (χ0) is 18.5. The second-order valence-electron chi connectivity index (χ2n) is 6.60. The predicted molar refractivity (Wildman–Crippen MR) is 101 cm³/mol. The highest BCUT2D eigenvalue weighted by Gasteiger charge is 2.09. The minimum atomic E-state index is -0.310. The molecule has 0 fully saturated rings. The summed E-state index contributed by atoms with van der Waals surface area (Å²) in [5.41, 5.74) is 2.87. The Labute approximate surface area is 152 Å². The van der Waals surface area contributed by atoms with Gasteiger partial charge in [-0.2, -0.15) is 0 Å². The molecule has 4 nitrogen and oxygen atoms in total. The monoisotopic (exact) mass is 354 g/mol. The molecule has 3 rings (SSSR count). The van der Waals surface area contributed by atoms with Crippen molar-refractivity contribution in [1.29, 1.82) is 0 Å². The molecule has 2 aromatic carbocycles. The van der Waals surface area contributed by atoms with Crippen LogP contribution in [-0.4, -0.2) is 24.0 Å². The van der Waals surface area contributed by atoms with Gasteiger partial charge in [0.25, 0.3) is 0 Å². The molecule has 26 heavy (non-hydrogen) atoms. The van der Waals surface area contributed by atoms with Gasteiger partial charge in [0.2, 0.25) is 5.91 Å². The average Bonchev–Trinajstić information content (AvgIpc) is 3.01. The molecule has 0 atom stereocenters. The van der Waals surface area contributed by atoms with Crippen molar-refractivity contribution < 1.29 is 13.9 Å². The fourth-order valence-corrected chi connectivity index (χ4v) is 2.84. The van der Waals surface area contributed by atoms with Crippen molar-refractivity contribution >= 4 is 16.8 Å². The maximum atomic E-state index is 13.4. The van der Waals surface area contributed by atoms with Crippen molar-refractivity contribution in [2.45, 2.75) is 26.2 Å². The van der Waals surface area contributed by atoms with Crippen molar-refractivity contribution in [3.63, 3.8) is 0 Å². The van der Waals surface area contributed by atoms with E-state index in [1.54, 1.807) is 12.3 Å². The van der Waals surface area contributed by atoms with Gasteiger partial charge in [-0.3, -0.25) is 4.79 Å². The highest BCUT2D eigenvalue weighted by Crippen LogP contribution is 2.20. The Bertz CT molecular complexity index is 885. The molecule has 0 bridgehead atoms. The SMILES string of the molecule is CC(C)c1ccc(OCCNC(=O)Cc2c[nH]c3ccc(F)cc23)cc1. The van der Waals surface area contributed by atoms with Gasteiger partial charge in [0.05, 0.1) is 13.0 Å². The first-order valence-corrected chi connectivity index (χ1v) is 8.78. The number of aromatic amines is 1. The summed E-state index contributed by atoms with van der Waals surface area (Å²) in [6, 6.07) is 12.5. The fraction of sp³-hybridized carbons (Fsp3) is 0.286. The third-order valence-electron chi connectivity index (χ3n) is 4.32. The number of fused-ring (bicyclic) bond motifs is 1. The lowest BCUT2D eigenvalue weighted by atomic mass is 10.0. The second-order valence-corrected chi connectivity index (χ2v) is 6.60. The topological polar surface area (TPSA) is 54.1 Å². The molecule has 1 heterocycles. The van der Waals surface area contributed by atoms with Crippen molar-refractivity contribution in [1.82, 2.24) is 10.3 Å². The number of hydrogen-bond acceptors (Lipinski definition) is 2. The minimum Gasteiger partial charge on any atom is -0.492 e. The van der Waals surface area contributed by atoms with E-state index in [1.165, 1.54) is 17.7 Å². The molecule has 5 heteroatoms. The number of aromatic nitrogens is 1. The molecule has 136 valence electrons. The van der Waals surface area contributed by atoms with Crippen LogP contribution in [0.2, 0.25) is 0 Å². The average molecular weight is 354 g/mol. The van der Waals surface area contributed by atoms with E-state index in [0.29, 0.717) is 19.1 Å². The molecule has 3 aromatic rings. The number of halogens is 1. The lowest BCUT2D eigenvalue weighted by Gasteiger charge is -2.09. The predicted octanol–water partition coefficient (Wildman–Crippen LogP) is 4.17. The minimum absolute atomic E-state index is 0.117. The Balaban J connectivity index is 1.46. The van der Waals surface area contributed by atoms with Gasteiger partial charge in [-0.1, -0.05) is 26.0 Å². The Morgan fingerprint density at radius 1 is 1.19 bits per heavy atom. The fourth-order valence-electron chi connectivity index (χ4n) is 2.84. The van der Waals surface area contributed by atoms with Gasteiger partial charge >= 0.3 is 0 Å². The zero-order valence-corrected chi connectivity index (χ0v) is 15.0. The Morgan fingerprint density at radius 3 is 2.69 bits per heavy atom. The number of ether oxygens (including phenoxy) is 1. The van der Waals surface area contributed by atoms with E-state index in [-0.39, 0.29) is 18.1 Å². The Morgan fingerprint density at radius 2 is 1.96 bits per heavy atom. The molecule has 0 radical (unpaired) electrons. The molecule has 0 saturated carbocycles. The summed E-state index contributed by atoms with van der Waals surface area (Å²) in [4.78, 5) is 15.1. The first-order chi connectivity index (χ1) is 12.5. The Kier molecular flexibility index (Phi) is 5.56. The van der Waals surface area contributed by atoms with E-state index in [4.69, 9.17) is 4.74 Å². The van der Waals surface area contributed by atoms with Gasteiger partial charge in [-0.05, 0) is 47.4 Å². The summed E-state index contributed by atoms with van der Waals surface area (Å²) < 4.78 is 19.0. The third kappa shape index (κ3) is 4.42. The molecule has 2 N–H and O–H groups in total. The number of rotatable bonds is 7. The van der Waals surface area contributed by atoms with Crippen LogP contribution in [0.3, 0.4) is 0 Å². The smallest absolute Gasteiger partial charge is 0.224 e. The molecular formula is C21H23FN2O2. The molecule has 0 unspecified atom stereocenters. The number of benzene rings is 2. The first kappa shape index (κ1) is 18.0. The second kappa shape index (κ2) is 8.04. The van der Waals surface area contributed by atoms with Crippen LogP contribution in [0.1, 0.15) is 30.9 Å². The van der Waals surface area contributed by atoms with Gasteiger partial charge < -0.3 is 15.0 Å². The van der Waals surface area contributed by atoms with E-state index in [0.717, 1.165) is 22.2 Å². The summed E-state index contributed by atoms with van der Waals surface area (Å²) in [5.74, 6) is 0.849. The summed E-state index contributed by atoms with van der Waals surface area (Å²) >= 11 is 0. The molecule has 1 aromatic heterocycles. The standard InChI is InChI=1S/C21H23FN2O2/c1-14(2)15-3-6-18(7-4-15)26-10-9-23-21(25)11-16-13-24-20-8-5-17(22)12-19(16)20/h3-8,12-14,24H,9-11H2,1-2H3,(H,23,25). The summed E-state index contributed by atoms with van der Waals surface area (Å²) in [5, 5.41) is 3.57. The van der Waals surface area contributed by atoms with Gasteiger partial charge in [0.1, 0.15) is 18.2 Å². The Hall–Kier alpha value is -2.82. The van der Waals surface area contributed by atoms with Crippen molar-refractivity contribution in [2.24, 2.45) is 0 Å². The van der Waals surface area contributed by atoms with Gasteiger partial charge in [-0.15, -0.1) is 0 Å². The van der Waals surface area contributed by atoms with Crippen LogP contribution < -0.4 is 10.1 Å². The largest absolute Gasteiger partial charge is 0.492 e. The van der Waals surface area contributed by atoms with Crippen molar-refractivity contribution in [3.05, 3.63) is 65.6 Å². The zero-order valence-electron chi connectivity index (χ0n) is 15.0. The molecule has 1 amide bonds. The number of nitrogens with one attached hydrogen (secondary N) is 2. The quantitative estimate of drug-likeness (QED) is 0.626. The first-order valence-electron chi connectivity index (χ1n) is 8.78. The van der Waals surface area contributed by atoms with E-state index < -0.39 is 0 Å². The number of hydrogen-bond donors (Lipinski definition) is 2. The maximum absolute atomic E-state index is 13.4. The van der Waals surface area contributed by atoms with E-state index in [2.05, 4.69) is 36.3 Å². The number of carbonyl (C=O) groups is 1. The van der Waals surface area contributed by atoms with Crippen LogP contribution in [0, 0.1) is 5.82 Å². The highest BCUT2D eigenvalue weighted by molar-refractivity contribution is 5.88. The highest BCUT2D eigenvalue weighted by atomic mass is 19.1. The third-order valence-corrected chi connectivity index (χ3v) is 4.32. The summed E-state index contributed by atoms with van der Waals surface area (Å²) in [6.07, 6.45) is 1.95. The van der Waals surface area contributed by atoms with Gasteiger partial charge in [-0.25, -0.2) is 4.39 Å². The number of amides is 1. The normalized spacial score (nSPS) is 11.1. The molecular weight excluding hydrogens is 331 g/mol. The van der Waals surface area contributed by atoms with Crippen molar-refractivity contribution in [2.75, 3.05) is 13.2 Å². The molecule has 0 aliphatic heterocycles. The van der Waals surface area contributed by atoms with Crippen LogP contribution in [-0.2, 0) is 11.2 Å². The van der Waals surface area contributed by atoms with E-state index >= 15 is 0 Å². The number of H-pyrrole nitrogens is 1. The summed E-state index contributed by atoms with van der Waals surface area (Å²) in [7, 11) is 0. The van der Waals surface area contributed by atoms with Crippen molar-refractivity contribution in [3.8, 4) is 5.75 Å². The maximum Gasteiger partial charge on any atom is 0.224 e. The molecule has 0 spiro atoms. The lowest BCUT2D eigenvalue weighted by molar-refractivity contribution is -0.120. The van der Waals surface area contributed by atoms with Crippen LogP contribution in [0.4, 0.5) is 4.39 Å². The number of carbonyl (C=O) groups excluding carboxylic acids is 1. The summed E-state index contributed by atoms with van der Waals surface area (Å²) in [6.45, 7) is 5.11. The van der Waals surface area contributed by atoms with Crippen LogP contribution in [0.15, 0.2) is 48.7 Å². The van der Waals surface area contributed by atoms with Gasteiger partial charge in [0.15, 0.2) is 0 Å². The van der Waals surface area contributed by atoms with E-state index in [9.17, 15) is 9.18 Å². The van der Waals surface area contributed by atoms with Crippen LogP contribution >= 0.6 is 0 Å². The van der Waals surface area contributed by atoms with E-state index in [1.807, 2.05) is 12.1 Å². The van der Waals surface area contributed by atoms with Gasteiger partial charge in [0, 0.05) is 17.1 Å². The lowest BCUT2D eigenvalue weighted by Crippen LogP contribution is -2.29. The molecule has 0 aliphatic rings. The van der Waals surface area contributed by atoms with Crippen LogP contribution in [0.5, 0.6) is 5.75 Å². The molecule has 0 aliphatic carbocycles.